The quantitative estimate of drug-likeness (QED) is 0.808. The second-order valence-electron chi connectivity index (χ2n) is 7.77. The van der Waals surface area contributed by atoms with Gasteiger partial charge in [-0.2, -0.15) is 0 Å². The SMILES string of the molecule is Cc1cccc(NC(=O)Nc2ccc(C)n(CC(=O)N3CCCN(C)CC3)c2=O)c1. The van der Waals surface area contributed by atoms with E-state index in [4.69, 9.17) is 0 Å². The number of rotatable bonds is 4. The van der Waals surface area contributed by atoms with Gasteiger partial charge < -0.3 is 25.0 Å². The molecule has 2 N–H and O–H groups in total. The van der Waals surface area contributed by atoms with Crippen LogP contribution in [0.5, 0.6) is 0 Å². The molecule has 30 heavy (non-hydrogen) atoms. The lowest BCUT2D eigenvalue weighted by Gasteiger charge is -2.22. The molecule has 1 aliphatic rings. The molecule has 8 nitrogen and oxygen atoms in total. The first-order chi connectivity index (χ1) is 14.3. The summed E-state index contributed by atoms with van der Waals surface area (Å²) in [6.45, 7) is 6.79. The van der Waals surface area contributed by atoms with Crippen LogP contribution in [0.1, 0.15) is 17.7 Å². The number of urea groups is 1. The van der Waals surface area contributed by atoms with E-state index in [1.807, 2.05) is 32.2 Å². The highest BCUT2D eigenvalue weighted by Gasteiger charge is 2.19. The highest BCUT2D eigenvalue weighted by atomic mass is 16.2. The Balaban J connectivity index is 1.71. The van der Waals surface area contributed by atoms with Crippen LogP contribution in [0, 0.1) is 13.8 Å². The number of aromatic nitrogens is 1. The molecule has 160 valence electrons. The number of carbonyl (C=O) groups excluding carboxylic acids is 2. The second-order valence-corrected chi connectivity index (χ2v) is 7.77. The number of nitrogens with zero attached hydrogens (tertiary/aromatic N) is 3. The minimum Gasteiger partial charge on any atom is -0.340 e. The molecule has 2 aromatic rings. The minimum atomic E-state index is -0.505. The first kappa shape index (κ1) is 21.6. The van der Waals surface area contributed by atoms with Crippen LogP contribution >= 0.6 is 0 Å². The summed E-state index contributed by atoms with van der Waals surface area (Å²) in [4.78, 5) is 42.0. The zero-order valence-corrected chi connectivity index (χ0v) is 17.8. The van der Waals surface area contributed by atoms with Crippen LogP contribution in [0.15, 0.2) is 41.2 Å². The van der Waals surface area contributed by atoms with E-state index in [1.54, 1.807) is 30.0 Å². The predicted molar refractivity (Wildman–Crippen MR) is 118 cm³/mol. The van der Waals surface area contributed by atoms with Gasteiger partial charge >= 0.3 is 6.03 Å². The second kappa shape index (κ2) is 9.58. The monoisotopic (exact) mass is 411 g/mol. The summed E-state index contributed by atoms with van der Waals surface area (Å²) in [7, 11) is 2.04. The topological polar surface area (TPSA) is 86.7 Å². The number of aryl methyl sites for hydroxylation is 2. The molecule has 1 fully saturated rings. The number of amides is 3. The van der Waals surface area contributed by atoms with E-state index in [0.29, 0.717) is 24.5 Å². The number of likely N-dealkylation sites (N-methyl/N-ethyl adjacent to an activating group) is 1. The maximum Gasteiger partial charge on any atom is 0.323 e. The fourth-order valence-corrected chi connectivity index (χ4v) is 3.50. The largest absolute Gasteiger partial charge is 0.340 e. The average Bonchev–Trinajstić information content (AvgIpc) is 2.92. The molecular weight excluding hydrogens is 382 g/mol. The normalized spacial score (nSPS) is 14.8. The molecular formula is C22H29N5O3. The third kappa shape index (κ3) is 5.48. The lowest BCUT2D eigenvalue weighted by Crippen LogP contribution is -2.39. The molecule has 0 bridgehead atoms. The van der Waals surface area contributed by atoms with Crippen molar-refractivity contribution in [2.45, 2.75) is 26.8 Å². The van der Waals surface area contributed by atoms with E-state index in [2.05, 4.69) is 15.5 Å². The van der Waals surface area contributed by atoms with Crippen molar-refractivity contribution in [1.29, 1.82) is 0 Å². The van der Waals surface area contributed by atoms with Gasteiger partial charge in [-0.05, 0) is 63.7 Å². The lowest BCUT2D eigenvalue weighted by atomic mass is 10.2. The Morgan fingerprint density at radius 1 is 1.00 bits per heavy atom. The molecule has 0 saturated carbocycles. The van der Waals surface area contributed by atoms with E-state index in [0.717, 1.165) is 25.1 Å². The molecule has 0 spiro atoms. The van der Waals surface area contributed by atoms with E-state index in [1.165, 1.54) is 4.57 Å². The Kier molecular flexibility index (Phi) is 6.89. The summed E-state index contributed by atoms with van der Waals surface area (Å²) < 4.78 is 1.42. The van der Waals surface area contributed by atoms with Gasteiger partial charge in [0.15, 0.2) is 0 Å². The number of benzene rings is 1. The maximum absolute atomic E-state index is 12.9. The van der Waals surface area contributed by atoms with Crippen molar-refractivity contribution in [2.24, 2.45) is 0 Å². The van der Waals surface area contributed by atoms with Gasteiger partial charge in [-0.1, -0.05) is 12.1 Å². The average molecular weight is 412 g/mol. The Labute approximate surface area is 176 Å². The number of carbonyl (C=O) groups is 2. The third-order valence-corrected chi connectivity index (χ3v) is 5.28. The molecule has 2 heterocycles. The van der Waals surface area contributed by atoms with Crippen LogP contribution in [0.4, 0.5) is 16.2 Å². The Morgan fingerprint density at radius 3 is 2.57 bits per heavy atom. The van der Waals surface area contributed by atoms with Crippen molar-refractivity contribution in [1.82, 2.24) is 14.4 Å². The standard InChI is InChI=1S/C22H29N5O3/c1-16-6-4-7-18(14-16)23-22(30)24-19-9-8-17(2)27(21(19)29)15-20(28)26-11-5-10-25(3)12-13-26/h4,6-9,14H,5,10-13,15H2,1-3H3,(H2,23,24,30). The molecule has 0 unspecified atom stereocenters. The first-order valence-electron chi connectivity index (χ1n) is 10.1. The third-order valence-electron chi connectivity index (χ3n) is 5.28. The highest BCUT2D eigenvalue weighted by Crippen LogP contribution is 2.11. The summed E-state index contributed by atoms with van der Waals surface area (Å²) in [5, 5.41) is 5.32. The van der Waals surface area contributed by atoms with E-state index < -0.39 is 11.6 Å². The van der Waals surface area contributed by atoms with Crippen LogP contribution in [0.2, 0.25) is 0 Å². The molecule has 8 heteroatoms. The van der Waals surface area contributed by atoms with Crippen molar-refractivity contribution in [2.75, 3.05) is 43.9 Å². The smallest absolute Gasteiger partial charge is 0.323 e. The molecule has 3 amide bonds. The summed E-state index contributed by atoms with van der Waals surface area (Å²) in [5.74, 6) is -0.0862. The Morgan fingerprint density at radius 2 is 1.80 bits per heavy atom. The minimum absolute atomic E-state index is 0.0383. The van der Waals surface area contributed by atoms with Gasteiger partial charge in [0.25, 0.3) is 5.56 Å². The van der Waals surface area contributed by atoms with E-state index in [-0.39, 0.29) is 18.1 Å². The van der Waals surface area contributed by atoms with Crippen molar-refractivity contribution in [3.05, 3.63) is 58.0 Å². The molecule has 3 rings (SSSR count). The molecule has 1 saturated heterocycles. The van der Waals surface area contributed by atoms with E-state index >= 15 is 0 Å². The fraction of sp³-hybridized carbons (Fsp3) is 0.409. The molecule has 0 radical (unpaired) electrons. The number of anilines is 2. The van der Waals surface area contributed by atoms with Gasteiger partial charge in [0.2, 0.25) is 5.91 Å². The number of hydrogen-bond acceptors (Lipinski definition) is 4. The Hall–Kier alpha value is -3.13. The van der Waals surface area contributed by atoms with Gasteiger partial charge in [0.05, 0.1) is 0 Å². The van der Waals surface area contributed by atoms with Gasteiger partial charge in [0, 0.05) is 31.0 Å². The maximum atomic E-state index is 12.9. The molecule has 1 aromatic carbocycles. The van der Waals surface area contributed by atoms with Gasteiger partial charge in [-0.25, -0.2) is 4.79 Å². The molecule has 0 aliphatic carbocycles. The molecule has 1 aliphatic heterocycles. The van der Waals surface area contributed by atoms with Crippen molar-refractivity contribution in [3.63, 3.8) is 0 Å². The van der Waals surface area contributed by atoms with Crippen LogP contribution in [0.25, 0.3) is 0 Å². The summed E-state index contributed by atoms with van der Waals surface area (Å²) in [6, 6.07) is 10.2. The number of nitrogens with one attached hydrogen (secondary N) is 2. The Bertz CT molecular complexity index is 985. The summed E-state index contributed by atoms with van der Waals surface area (Å²) in [6.07, 6.45) is 0.914. The van der Waals surface area contributed by atoms with Crippen LogP contribution in [0.3, 0.4) is 0 Å². The lowest BCUT2D eigenvalue weighted by molar-refractivity contribution is -0.131. The van der Waals surface area contributed by atoms with E-state index in [9.17, 15) is 14.4 Å². The van der Waals surface area contributed by atoms with Crippen molar-refractivity contribution >= 4 is 23.3 Å². The summed E-state index contributed by atoms with van der Waals surface area (Å²) >= 11 is 0. The van der Waals surface area contributed by atoms with Gasteiger partial charge in [-0.15, -0.1) is 0 Å². The molecule has 0 atom stereocenters. The summed E-state index contributed by atoms with van der Waals surface area (Å²) in [5.41, 5.74) is 2.07. The molecule has 1 aromatic heterocycles. The number of hydrogen-bond donors (Lipinski definition) is 2. The predicted octanol–water partition coefficient (Wildman–Crippen LogP) is 2.27. The van der Waals surface area contributed by atoms with Crippen molar-refractivity contribution < 1.29 is 9.59 Å². The number of pyridine rings is 1. The highest BCUT2D eigenvalue weighted by molar-refractivity contribution is 5.99. The van der Waals surface area contributed by atoms with Gasteiger partial charge in [-0.3, -0.25) is 9.59 Å². The van der Waals surface area contributed by atoms with Crippen LogP contribution in [-0.2, 0) is 11.3 Å². The van der Waals surface area contributed by atoms with Gasteiger partial charge in [0.1, 0.15) is 12.2 Å². The van der Waals surface area contributed by atoms with Crippen LogP contribution < -0.4 is 16.2 Å². The zero-order valence-electron chi connectivity index (χ0n) is 17.8. The fourth-order valence-electron chi connectivity index (χ4n) is 3.50. The van der Waals surface area contributed by atoms with Crippen molar-refractivity contribution in [3.8, 4) is 0 Å². The van der Waals surface area contributed by atoms with Crippen LogP contribution in [-0.4, -0.2) is 59.5 Å². The first-order valence-corrected chi connectivity index (χ1v) is 10.1. The zero-order chi connectivity index (χ0) is 21.7.